The summed E-state index contributed by atoms with van der Waals surface area (Å²) in [4.78, 5) is 0. The lowest BCUT2D eigenvalue weighted by molar-refractivity contribution is 0.671. The molecule has 0 saturated heterocycles. The summed E-state index contributed by atoms with van der Waals surface area (Å²) in [7, 11) is 0. The molecular weight excluding hydrogens is 258 g/mol. The zero-order valence-electron chi connectivity index (χ0n) is 12.9. The van der Waals surface area contributed by atoms with Gasteiger partial charge in [-0.2, -0.15) is 5.10 Å². The van der Waals surface area contributed by atoms with E-state index in [1.54, 1.807) is 0 Å². The number of hydrogen-bond acceptors (Lipinski definition) is 2. The minimum Gasteiger partial charge on any atom is -0.379 e. The third kappa shape index (κ3) is 2.51. The Bertz CT molecular complexity index is 771. The standard InChI is InChI=1S/C18H21N3/c1-4-21-18-11-6-5-9-15(18)17(20-21)12-19-16-10-7-8-13(2)14(16)3/h5-11,19H,4,12H2,1-3H3. The average molecular weight is 279 g/mol. The van der Waals surface area contributed by atoms with Gasteiger partial charge in [0, 0.05) is 17.6 Å². The zero-order valence-corrected chi connectivity index (χ0v) is 12.9. The van der Waals surface area contributed by atoms with Crippen molar-refractivity contribution in [1.29, 1.82) is 0 Å². The van der Waals surface area contributed by atoms with Crippen molar-refractivity contribution in [2.75, 3.05) is 5.32 Å². The highest BCUT2D eigenvalue weighted by atomic mass is 15.3. The number of aromatic nitrogens is 2. The fourth-order valence-electron chi connectivity index (χ4n) is 2.69. The van der Waals surface area contributed by atoms with Crippen LogP contribution in [0.1, 0.15) is 23.7 Å². The number of nitrogens with zero attached hydrogens (tertiary/aromatic N) is 2. The molecule has 3 rings (SSSR count). The van der Waals surface area contributed by atoms with E-state index in [-0.39, 0.29) is 0 Å². The Hall–Kier alpha value is -2.29. The van der Waals surface area contributed by atoms with Gasteiger partial charge in [-0.25, -0.2) is 0 Å². The van der Waals surface area contributed by atoms with Crippen LogP contribution in [0.15, 0.2) is 42.5 Å². The van der Waals surface area contributed by atoms with Crippen molar-refractivity contribution in [3.05, 3.63) is 59.3 Å². The molecule has 2 aromatic carbocycles. The molecule has 0 spiro atoms. The fourth-order valence-corrected chi connectivity index (χ4v) is 2.69. The molecule has 3 aromatic rings. The molecule has 0 aliphatic rings. The van der Waals surface area contributed by atoms with Gasteiger partial charge in [0.05, 0.1) is 17.8 Å². The largest absolute Gasteiger partial charge is 0.379 e. The van der Waals surface area contributed by atoms with E-state index < -0.39 is 0 Å². The SMILES string of the molecule is CCn1nc(CNc2cccc(C)c2C)c2ccccc21. The number of benzene rings is 2. The predicted molar refractivity (Wildman–Crippen MR) is 88.6 cm³/mol. The summed E-state index contributed by atoms with van der Waals surface area (Å²) in [5, 5.41) is 9.49. The first-order chi connectivity index (χ1) is 10.2. The Kier molecular flexibility index (Phi) is 3.65. The lowest BCUT2D eigenvalue weighted by Crippen LogP contribution is -2.04. The van der Waals surface area contributed by atoms with E-state index in [0.29, 0.717) is 0 Å². The molecule has 3 nitrogen and oxygen atoms in total. The highest BCUT2D eigenvalue weighted by molar-refractivity contribution is 5.82. The molecule has 0 fully saturated rings. The van der Waals surface area contributed by atoms with Gasteiger partial charge in [0.2, 0.25) is 0 Å². The van der Waals surface area contributed by atoms with Gasteiger partial charge >= 0.3 is 0 Å². The normalized spacial score (nSPS) is 11.0. The van der Waals surface area contributed by atoms with Crippen LogP contribution in [0, 0.1) is 13.8 Å². The van der Waals surface area contributed by atoms with Gasteiger partial charge < -0.3 is 5.32 Å². The van der Waals surface area contributed by atoms with E-state index in [1.165, 1.54) is 27.7 Å². The summed E-state index contributed by atoms with van der Waals surface area (Å²) in [5.41, 5.74) is 6.11. The maximum absolute atomic E-state index is 4.73. The molecule has 1 heterocycles. The molecule has 0 aliphatic carbocycles. The smallest absolute Gasteiger partial charge is 0.0894 e. The van der Waals surface area contributed by atoms with Gasteiger partial charge in [-0.1, -0.05) is 30.3 Å². The second-order valence-electron chi connectivity index (χ2n) is 5.38. The Labute approximate surface area is 125 Å². The fraction of sp³-hybridized carbons (Fsp3) is 0.278. The number of anilines is 1. The molecule has 0 atom stereocenters. The molecule has 0 radical (unpaired) electrons. The van der Waals surface area contributed by atoms with Gasteiger partial charge in [-0.15, -0.1) is 0 Å². The van der Waals surface area contributed by atoms with Crippen molar-refractivity contribution < 1.29 is 0 Å². The maximum Gasteiger partial charge on any atom is 0.0894 e. The molecule has 1 N–H and O–H groups in total. The number of aryl methyl sites for hydroxylation is 2. The van der Waals surface area contributed by atoms with Crippen LogP contribution in [-0.4, -0.2) is 9.78 Å². The van der Waals surface area contributed by atoms with E-state index in [0.717, 1.165) is 18.8 Å². The number of para-hydroxylation sites is 1. The first kappa shape index (κ1) is 13.7. The monoisotopic (exact) mass is 279 g/mol. The number of fused-ring (bicyclic) bond motifs is 1. The van der Waals surface area contributed by atoms with Crippen molar-refractivity contribution in [1.82, 2.24) is 9.78 Å². The van der Waals surface area contributed by atoms with Crippen molar-refractivity contribution in [3.8, 4) is 0 Å². The van der Waals surface area contributed by atoms with E-state index >= 15 is 0 Å². The second kappa shape index (κ2) is 5.60. The summed E-state index contributed by atoms with van der Waals surface area (Å²) >= 11 is 0. The van der Waals surface area contributed by atoms with Gasteiger partial charge in [0.25, 0.3) is 0 Å². The molecule has 3 heteroatoms. The van der Waals surface area contributed by atoms with E-state index in [1.807, 2.05) is 0 Å². The third-order valence-corrected chi connectivity index (χ3v) is 4.08. The van der Waals surface area contributed by atoms with Crippen LogP contribution in [0.4, 0.5) is 5.69 Å². The van der Waals surface area contributed by atoms with Crippen LogP contribution in [0.3, 0.4) is 0 Å². The van der Waals surface area contributed by atoms with Gasteiger partial charge in [0.1, 0.15) is 0 Å². The van der Waals surface area contributed by atoms with Crippen LogP contribution < -0.4 is 5.32 Å². The van der Waals surface area contributed by atoms with Crippen LogP contribution in [-0.2, 0) is 13.1 Å². The summed E-state index contributed by atoms with van der Waals surface area (Å²) in [6.45, 7) is 8.06. The Morgan fingerprint density at radius 3 is 2.67 bits per heavy atom. The minimum absolute atomic E-state index is 0.748. The van der Waals surface area contributed by atoms with Gasteiger partial charge in [0.15, 0.2) is 0 Å². The Balaban J connectivity index is 1.90. The summed E-state index contributed by atoms with van der Waals surface area (Å²) in [6, 6.07) is 14.8. The maximum atomic E-state index is 4.73. The first-order valence-electron chi connectivity index (χ1n) is 7.45. The van der Waals surface area contributed by atoms with Crippen molar-refractivity contribution in [2.45, 2.75) is 33.9 Å². The van der Waals surface area contributed by atoms with Gasteiger partial charge in [-0.05, 0) is 44.0 Å². The first-order valence-corrected chi connectivity index (χ1v) is 7.45. The number of rotatable bonds is 4. The molecule has 0 amide bonds. The molecule has 21 heavy (non-hydrogen) atoms. The highest BCUT2D eigenvalue weighted by Crippen LogP contribution is 2.22. The molecule has 0 saturated carbocycles. The average Bonchev–Trinajstić information content (AvgIpc) is 2.87. The summed E-state index contributed by atoms with van der Waals surface area (Å²) < 4.78 is 2.06. The van der Waals surface area contributed by atoms with Crippen LogP contribution >= 0.6 is 0 Å². The quantitative estimate of drug-likeness (QED) is 0.772. The van der Waals surface area contributed by atoms with Crippen LogP contribution in [0.25, 0.3) is 10.9 Å². The molecule has 1 aromatic heterocycles. The van der Waals surface area contributed by atoms with Crippen LogP contribution in [0.5, 0.6) is 0 Å². The van der Waals surface area contributed by atoms with Crippen LogP contribution in [0.2, 0.25) is 0 Å². The minimum atomic E-state index is 0.748. The second-order valence-corrected chi connectivity index (χ2v) is 5.38. The zero-order chi connectivity index (χ0) is 14.8. The van der Waals surface area contributed by atoms with Gasteiger partial charge in [-0.3, -0.25) is 4.68 Å². The summed E-state index contributed by atoms with van der Waals surface area (Å²) in [6.07, 6.45) is 0. The Morgan fingerprint density at radius 2 is 1.86 bits per heavy atom. The topological polar surface area (TPSA) is 29.9 Å². The summed E-state index contributed by atoms with van der Waals surface area (Å²) in [5.74, 6) is 0. The molecule has 0 unspecified atom stereocenters. The molecule has 0 bridgehead atoms. The highest BCUT2D eigenvalue weighted by Gasteiger charge is 2.09. The number of nitrogens with one attached hydrogen (secondary N) is 1. The Morgan fingerprint density at radius 1 is 1.05 bits per heavy atom. The van der Waals surface area contributed by atoms with Crippen molar-refractivity contribution in [3.63, 3.8) is 0 Å². The van der Waals surface area contributed by atoms with E-state index in [9.17, 15) is 0 Å². The lowest BCUT2D eigenvalue weighted by atomic mass is 10.1. The predicted octanol–water partition coefficient (Wildman–Crippen LogP) is 4.29. The van der Waals surface area contributed by atoms with E-state index in [2.05, 4.69) is 73.2 Å². The van der Waals surface area contributed by atoms with E-state index in [4.69, 9.17) is 5.10 Å². The number of hydrogen-bond donors (Lipinski definition) is 1. The molecule has 108 valence electrons. The third-order valence-electron chi connectivity index (χ3n) is 4.08. The lowest BCUT2D eigenvalue weighted by Gasteiger charge is -2.10. The van der Waals surface area contributed by atoms with Crippen molar-refractivity contribution in [2.24, 2.45) is 0 Å². The van der Waals surface area contributed by atoms with Crippen molar-refractivity contribution >= 4 is 16.6 Å². The molecular formula is C18H21N3. The molecule has 0 aliphatic heterocycles.